The molecule has 0 spiro atoms. The van der Waals surface area contributed by atoms with Crippen LogP contribution in [0.1, 0.15) is 34.0 Å². The van der Waals surface area contributed by atoms with E-state index in [0.717, 1.165) is 22.4 Å². The highest BCUT2D eigenvalue weighted by Crippen LogP contribution is 2.22. The first-order valence-corrected chi connectivity index (χ1v) is 12.2. The highest BCUT2D eigenvalue weighted by molar-refractivity contribution is 7.92. The van der Waals surface area contributed by atoms with Crippen LogP contribution < -0.4 is 14.4 Å². The minimum atomic E-state index is -3.50. The van der Waals surface area contributed by atoms with E-state index in [-0.39, 0.29) is 12.5 Å². The molecule has 6 nitrogen and oxygen atoms in total. The molecule has 1 amide bonds. The maximum absolute atomic E-state index is 12.5. The number of carbonyl (C=O) groups is 1. The monoisotopic (exact) mass is 452 g/mol. The van der Waals surface area contributed by atoms with Crippen molar-refractivity contribution in [1.82, 2.24) is 5.32 Å². The molecule has 0 saturated heterocycles. The lowest BCUT2D eigenvalue weighted by Crippen LogP contribution is -2.29. The van der Waals surface area contributed by atoms with Gasteiger partial charge >= 0.3 is 0 Å². The van der Waals surface area contributed by atoms with Gasteiger partial charge in [-0.2, -0.15) is 0 Å². The Morgan fingerprint density at radius 3 is 2.22 bits per heavy atom. The Morgan fingerprint density at radius 2 is 1.62 bits per heavy atom. The Balaban J connectivity index is 1.69. The first-order valence-electron chi connectivity index (χ1n) is 10.4. The summed E-state index contributed by atoms with van der Waals surface area (Å²) in [6.07, 6.45) is 1.18. The fourth-order valence-electron chi connectivity index (χ4n) is 3.28. The maximum Gasteiger partial charge on any atom is 0.251 e. The molecule has 0 bridgehead atoms. The molecule has 0 aromatic heterocycles. The minimum Gasteiger partial charge on any atom is -0.494 e. The largest absolute Gasteiger partial charge is 0.494 e. The van der Waals surface area contributed by atoms with Crippen molar-refractivity contribution in [3.05, 3.63) is 95.1 Å². The third kappa shape index (κ3) is 6.11. The molecule has 168 valence electrons. The SMILES string of the molecule is CCOc1ccc(CNC(=O)c2ccc(N(Cc3ccccc3C)S(C)(=O)=O)cc2)cc1. The molecule has 1 N–H and O–H groups in total. The second-order valence-electron chi connectivity index (χ2n) is 7.50. The van der Waals surface area contributed by atoms with E-state index < -0.39 is 10.0 Å². The van der Waals surface area contributed by atoms with Gasteiger partial charge in [-0.3, -0.25) is 9.10 Å². The smallest absolute Gasteiger partial charge is 0.251 e. The first kappa shape index (κ1) is 23.3. The van der Waals surface area contributed by atoms with Gasteiger partial charge in [0.05, 0.1) is 25.1 Å². The molecule has 3 rings (SSSR count). The summed E-state index contributed by atoms with van der Waals surface area (Å²) in [5, 5.41) is 2.88. The fourth-order valence-corrected chi connectivity index (χ4v) is 4.15. The zero-order chi connectivity index (χ0) is 23.1. The lowest BCUT2D eigenvalue weighted by Gasteiger charge is -2.23. The number of hydrogen-bond acceptors (Lipinski definition) is 4. The van der Waals surface area contributed by atoms with E-state index in [2.05, 4.69) is 5.32 Å². The van der Waals surface area contributed by atoms with Crippen LogP contribution in [-0.2, 0) is 23.1 Å². The van der Waals surface area contributed by atoms with Crippen LogP contribution >= 0.6 is 0 Å². The lowest BCUT2D eigenvalue weighted by molar-refractivity contribution is 0.0951. The number of sulfonamides is 1. The predicted molar refractivity (Wildman–Crippen MR) is 127 cm³/mol. The number of benzene rings is 3. The van der Waals surface area contributed by atoms with Gasteiger partial charge in [0.15, 0.2) is 0 Å². The number of nitrogens with one attached hydrogen (secondary N) is 1. The molecular weight excluding hydrogens is 424 g/mol. The van der Waals surface area contributed by atoms with Crippen LogP contribution in [0, 0.1) is 6.92 Å². The average Bonchev–Trinajstić information content (AvgIpc) is 2.77. The molecule has 0 unspecified atom stereocenters. The van der Waals surface area contributed by atoms with E-state index in [1.165, 1.54) is 10.6 Å². The second-order valence-corrected chi connectivity index (χ2v) is 9.41. The van der Waals surface area contributed by atoms with Gasteiger partial charge in [-0.15, -0.1) is 0 Å². The van der Waals surface area contributed by atoms with E-state index in [4.69, 9.17) is 4.74 Å². The Bertz CT molecular complexity index is 1160. The van der Waals surface area contributed by atoms with Crippen LogP contribution in [0.4, 0.5) is 5.69 Å². The van der Waals surface area contributed by atoms with E-state index in [0.29, 0.717) is 24.4 Å². The maximum atomic E-state index is 12.5. The third-order valence-electron chi connectivity index (χ3n) is 5.08. The van der Waals surface area contributed by atoms with Crippen molar-refractivity contribution in [2.75, 3.05) is 17.2 Å². The fraction of sp³-hybridized carbons (Fsp3) is 0.240. The summed E-state index contributed by atoms with van der Waals surface area (Å²) in [6.45, 7) is 5.10. The van der Waals surface area contributed by atoms with Crippen LogP contribution in [-0.4, -0.2) is 27.2 Å². The summed E-state index contributed by atoms with van der Waals surface area (Å²) in [6, 6.07) is 21.8. The summed E-state index contributed by atoms with van der Waals surface area (Å²) < 4.78 is 31.6. The van der Waals surface area contributed by atoms with Gasteiger partial charge in [0.2, 0.25) is 10.0 Å². The van der Waals surface area contributed by atoms with E-state index in [1.54, 1.807) is 24.3 Å². The third-order valence-corrected chi connectivity index (χ3v) is 6.22. The highest BCUT2D eigenvalue weighted by Gasteiger charge is 2.19. The summed E-state index contributed by atoms with van der Waals surface area (Å²) in [4.78, 5) is 12.5. The van der Waals surface area contributed by atoms with Crippen LogP contribution in [0.2, 0.25) is 0 Å². The number of aryl methyl sites for hydroxylation is 1. The molecule has 0 fully saturated rings. The van der Waals surface area contributed by atoms with Crippen LogP contribution in [0.5, 0.6) is 5.75 Å². The molecule has 0 heterocycles. The number of anilines is 1. The summed E-state index contributed by atoms with van der Waals surface area (Å²) in [5.74, 6) is 0.564. The molecule has 0 radical (unpaired) electrons. The van der Waals surface area contributed by atoms with E-state index in [1.807, 2.05) is 62.4 Å². The highest BCUT2D eigenvalue weighted by atomic mass is 32.2. The van der Waals surface area contributed by atoms with Crippen molar-refractivity contribution >= 4 is 21.6 Å². The molecule has 3 aromatic carbocycles. The van der Waals surface area contributed by atoms with Gasteiger partial charge in [0.25, 0.3) is 5.91 Å². The van der Waals surface area contributed by atoms with Crippen molar-refractivity contribution < 1.29 is 17.9 Å². The van der Waals surface area contributed by atoms with Gasteiger partial charge in [0, 0.05) is 12.1 Å². The van der Waals surface area contributed by atoms with Crippen LogP contribution in [0.15, 0.2) is 72.8 Å². The standard InChI is InChI=1S/C25H28N2O4S/c1-4-31-24-15-9-20(10-16-24)17-26-25(28)21-11-13-23(14-12-21)27(32(3,29)30)18-22-8-6-5-7-19(22)2/h5-16H,4,17-18H2,1-3H3,(H,26,28). The Kier molecular flexibility index (Phi) is 7.53. The first-order chi connectivity index (χ1) is 15.3. The number of nitrogens with zero attached hydrogens (tertiary/aromatic N) is 1. The van der Waals surface area contributed by atoms with Gasteiger partial charge in [-0.25, -0.2) is 8.42 Å². The van der Waals surface area contributed by atoms with Gasteiger partial charge in [-0.05, 0) is 66.9 Å². The number of amides is 1. The van der Waals surface area contributed by atoms with E-state index >= 15 is 0 Å². The Labute approximate surface area is 189 Å². The molecule has 0 atom stereocenters. The van der Waals surface area contributed by atoms with Gasteiger partial charge in [0.1, 0.15) is 5.75 Å². The van der Waals surface area contributed by atoms with Crippen molar-refractivity contribution in [1.29, 1.82) is 0 Å². The molecule has 3 aromatic rings. The number of rotatable bonds is 9. The molecule has 32 heavy (non-hydrogen) atoms. The quantitative estimate of drug-likeness (QED) is 0.526. The second kappa shape index (κ2) is 10.3. The van der Waals surface area contributed by atoms with Gasteiger partial charge < -0.3 is 10.1 Å². The van der Waals surface area contributed by atoms with Crippen molar-refractivity contribution in [2.45, 2.75) is 26.9 Å². The zero-order valence-corrected chi connectivity index (χ0v) is 19.4. The number of ether oxygens (including phenoxy) is 1. The molecule has 0 aliphatic heterocycles. The summed E-state index contributed by atoms with van der Waals surface area (Å²) in [7, 11) is -3.50. The minimum absolute atomic E-state index is 0.227. The topological polar surface area (TPSA) is 75.7 Å². The molecule has 0 aliphatic rings. The number of carbonyl (C=O) groups excluding carboxylic acids is 1. The van der Waals surface area contributed by atoms with Crippen molar-refractivity contribution in [3.63, 3.8) is 0 Å². The molecular formula is C25H28N2O4S. The lowest BCUT2D eigenvalue weighted by atomic mass is 10.1. The predicted octanol–water partition coefficient (Wildman–Crippen LogP) is 4.29. The summed E-state index contributed by atoms with van der Waals surface area (Å²) >= 11 is 0. The Hall–Kier alpha value is -3.32. The average molecular weight is 453 g/mol. The van der Waals surface area contributed by atoms with E-state index in [9.17, 15) is 13.2 Å². The normalized spacial score (nSPS) is 11.1. The number of hydrogen-bond donors (Lipinski definition) is 1. The van der Waals surface area contributed by atoms with Crippen molar-refractivity contribution in [3.8, 4) is 5.75 Å². The van der Waals surface area contributed by atoms with Crippen LogP contribution in [0.25, 0.3) is 0 Å². The zero-order valence-electron chi connectivity index (χ0n) is 18.5. The Morgan fingerprint density at radius 1 is 0.969 bits per heavy atom. The van der Waals surface area contributed by atoms with Crippen LogP contribution in [0.3, 0.4) is 0 Å². The summed E-state index contributed by atoms with van der Waals surface area (Å²) in [5.41, 5.74) is 3.88. The molecule has 7 heteroatoms. The van der Waals surface area contributed by atoms with Crippen molar-refractivity contribution in [2.24, 2.45) is 0 Å². The molecule has 0 saturated carbocycles. The van der Waals surface area contributed by atoms with Gasteiger partial charge in [-0.1, -0.05) is 36.4 Å². The molecule has 0 aliphatic carbocycles.